The molecule has 1 saturated carbocycles. The average molecular weight is 367 g/mol. The number of para-hydroxylation sites is 3. The number of fused-ring (bicyclic) bond motifs is 4. The first kappa shape index (κ1) is 15.8. The molecular weight excluding hydrogens is 346 g/mol. The van der Waals surface area contributed by atoms with Crippen LogP contribution >= 0.6 is 0 Å². The van der Waals surface area contributed by atoms with Crippen LogP contribution in [0.4, 0.5) is 17.1 Å². The molecule has 1 fully saturated rings. The number of furan rings is 1. The molecule has 136 valence electrons. The number of pyridine rings is 1. The van der Waals surface area contributed by atoms with Gasteiger partial charge < -0.3 is 4.42 Å². The minimum atomic E-state index is 0.524. The predicted octanol–water partition coefficient (Wildman–Crippen LogP) is 5.98. The number of nitrogens with zero attached hydrogens (tertiary/aromatic N) is 3. The van der Waals surface area contributed by atoms with E-state index in [0.29, 0.717) is 11.8 Å². The van der Waals surface area contributed by atoms with Crippen LogP contribution in [0.5, 0.6) is 0 Å². The molecule has 1 aliphatic carbocycles. The summed E-state index contributed by atoms with van der Waals surface area (Å²) >= 11 is 0. The van der Waals surface area contributed by atoms with Gasteiger partial charge in [-0.1, -0.05) is 29.2 Å². The lowest BCUT2D eigenvalue weighted by Gasteiger charge is -2.15. The van der Waals surface area contributed by atoms with Gasteiger partial charge in [0.15, 0.2) is 6.04 Å². The maximum atomic E-state index is 6.18. The fraction of sp³-hybridized carbons (Fsp3) is 0.250. The summed E-state index contributed by atoms with van der Waals surface area (Å²) in [7, 11) is 0. The van der Waals surface area contributed by atoms with Gasteiger partial charge in [0, 0.05) is 48.0 Å². The zero-order valence-electron chi connectivity index (χ0n) is 15.6. The third kappa shape index (κ3) is 2.28. The van der Waals surface area contributed by atoms with E-state index in [1.165, 1.54) is 37.8 Å². The van der Waals surface area contributed by atoms with Gasteiger partial charge in [-0.2, -0.15) is 0 Å². The van der Waals surface area contributed by atoms with E-state index in [9.17, 15) is 0 Å². The van der Waals surface area contributed by atoms with Crippen molar-refractivity contribution in [2.45, 2.75) is 38.1 Å². The lowest BCUT2D eigenvalue weighted by molar-refractivity contribution is -0.480. The minimum Gasteiger partial charge on any atom is -0.431 e. The third-order valence-electron chi connectivity index (χ3n) is 6.02. The summed E-state index contributed by atoms with van der Waals surface area (Å²) < 4.78 is 10.7. The molecule has 0 bridgehead atoms. The largest absolute Gasteiger partial charge is 0.496 e. The van der Waals surface area contributed by atoms with Gasteiger partial charge in [0.2, 0.25) is 11.3 Å². The molecule has 1 aliphatic heterocycles. The molecule has 0 amide bonds. The van der Waals surface area contributed by atoms with E-state index in [2.05, 4.69) is 68.7 Å². The van der Waals surface area contributed by atoms with Crippen LogP contribution in [-0.2, 0) is 0 Å². The van der Waals surface area contributed by atoms with Crippen LogP contribution < -0.4 is 4.58 Å². The molecule has 0 saturated heterocycles. The molecule has 0 N–H and O–H groups in total. The van der Waals surface area contributed by atoms with Gasteiger partial charge in [-0.25, -0.2) is 4.98 Å². The molecular formula is C24H21N3O+2. The van der Waals surface area contributed by atoms with Crippen molar-refractivity contribution >= 4 is 45.1 Å². The van der Waals surface area contributed by atoms with Crippen LogP contribution in [0.25, 0.3) is 22.1 Å². The van der Waals surface area contributed by atoms with Gasteiger partial charge in [0.05, 0.1) is 0 Å². The molecule has 28 heavy (non-hydrogen) atoms. The van der Waals surface area contributed by atoms with Crippen LogP contribution in [0.3, 0.4) is 0 Å². The van der Waals surface area contributed by atoms with Gasteiger partial charge >= 0.3 is 6.01 Å². The summed E-state index contributed by atoms with van der Waals surface area (Å²) in [5.74, 6) is 0. The highest BCUT2D eigenvalue weighted by atomic mass is 16.3. The quantitative estimate of drug-likeness (QED) is 0.408. The third-order valence-corrected chi connectivity index (χ3v) is 6.02. The zero-order chi connectivity index (χ0) is 18.5. The molecule has 0 radical (unpaired) electrons. The van der Waals surface area contributed by atoms with Crippen LogP contribution in [0, 0.1) is 0 Å². The van der Waals surface area contributed by atoms with Gasteiger partial charge in [-0.3, -0.25) is 0 Å². The topological polar surface area (TPSA) is 32.0 Å². The summed E-state index contributed by atoms with van der Waals surface area (Å²) in [6.45, 7) is 0. The van der Waals surface area contributed by atoms with Crippen LogP contribution in [0.2, 0.25) is 0 Å². The molecule has 3 heterocycles. The first-order chi connectivity index (χ1) is 13.9. The molecule has 4 nitrogen and oxygen atoms in total. The highest BCUT2D eigenvalue weighted by Gasteiger charge is 2.40. The predicted molar refractivity (Wildman–Crippen MR) is 111 cm³/mol. The Morgan fingerprint density at radius 1 is 0.821 bits per heavy atom. The van der Waals surface area contributed by atoms with E-state index in [1.807, 2.05) is 6.07 Å². The van der Waals surface area contributed by atoms with Crippen molar-refractivity contribution in [3.05, 3.63) is 60.8 Å². The van der Waals surface area contributed by atoms with Gasteiger partial charge in [-0.15, -0.1) is 0 Å². The average Bonchev–Trinajstić information content (AvgIpc) is 3.33. The summed E-state index contributed by atoms with van der Waals surface area (Å²) in [6.07, 6.45) is 8.19. The molecule has 6 rings (SSSR count). The zero-order valence-corrected chi connectivity index (χ0v) is 15.6. The normalized spacial score (nSPS) is 17.0. The van der Waals surface area contributed by atoms with Gasteiger partial charge in [0.25, 0.3) is 17.1 Å². The Balaban J connectivity index is 1.62. The first-order valence-corrected chi connectivity index (χ1v) is 10.1. The smallest absolute Gasteiger partial charge is 0.431 e. The Hall–Kier alpha value is -3.23. The molecule has 0 spiro atoms. The van der Waals surface area contributed by atoms with Crippen LogP contribution in [0.15, 0.2) is 65.2 Å². The van der Waals surface area contributed by atoms with E-state index in [1.54, 1.807) is 6.20 Å². The fourth-order valence-electron chi connectivity index (χ4n) is 4.67. The number of hydrogen-bond acceptors (Lipinski definition) is 2. The van der Waals surface area contributed by atoms with E-state index >= 15 is 0 Å². The van der Waals surface area contributed by atoms with E-state index < -0.39 is 0 Å². The molecule has 2 aromatic carbocycles. The highest BCUT2D eigenvalue weighted by Crippen LogP contribution is 2.40. The number of aromatic nitrogens is 1. The maximum Gasteiger partial charge on any atom is 0.496 e. The van der Waals surface area contributed by atoms with Crippen molar-refractivity contribution in [2.24, 2.45) is 0 Å². The maximum absolute atomic E-state index is 6.18. The second kappa shape index (κ2) is 6.15. The standard InChI is InChI=1S/C24H21N3O/c1-2-8-17(9-3-1)26-16-27(21-13-5-4-12-20(21)26)22-14-6-10-18-19-11-7-15-25-24(19)28-23(18)22/h4-7,10-15,17H,1-3,8-9H2/q+2. The van der Waals surface area contributed by atoms with Crippen molar-refractivity contribution in [1.82, 2.24) is 9.56 Å². The Morgan fingerprint density at radius 2 is 1.61 bits per heavy atom. The SMILES string of the molecule is C1=[N+](c2cccc3c2oc2ncccc23)c2ccccc2[N+]=1C1CCCCC1. The van der Waals surface area contributed by atoms with Crippen molar-refractivity contribution < 1.29 is 8.99 Å². The number of hydrogen-bond donors (Lipinski definition) is 0. The van der Waals surface area contributed by atoms with Gasteiger partial charge in [0.1, 0.15) is 0 Å². The summed E-state index contributed by atoms with van der Waals surface area (Å²) in [5, 5.41) is 2.15. The lowest BCUT2D eigenvalue weighted by atomic mass is 9.95. The minimum absolute atomic E-state index is 0.524. The van der Waals surface area contributed by atoms with Crippen molar-refractivity contribution in [2.75, 3.05) is 0 Å². The molecule has 0 unspecified atom stereocenters. The number of benzene rings is 2. The Labute approximate surface area is 163 Å². The van der Waals surface area contributed by atoms with E-state index in [-0.39, 0.29) is 0 Å². The summed E-state index contributed by atoms with van der Waals surface area (Å²) in [5.41, 5.74) is 4.96. The van der Waals surface area contributed by atoms with E-state index in [0.717, 1.165) is 27.7 Å². The lowest BCUT2D eigenvalue weighted by Crippen LogP contribution is -2.23. The van der Waals surface area contributed by atoms with E-state index in [4.69, 9.17) is 4.42 Å². The van der Waals surface area contributed by atoms with Crippen LogP contribution in [0.1, 0.15) is 32.1 Å². The molecule has 2 aliphatic rings. The second-order valence-electron chi connectivity index (χ2n) is 7.70. The fourth-order valence-corrected chi connectivity index (χ4v) is 4.67. The Bertz CT molecular complexity index is 1290. The number of rotatable bonds is 2. The van der Waals surface area contributed by atoms with Crippen molar-refractivity contribution in [3.8, 4) is 0 Å². The second-order valence-corrected chi connectivity index (χ2v) is 7.70. The highest BCUT2D eigenvalue weighted by molar-refractivity contribution is 6.07. The van der Waals surface area contributed by atoms with Gasteiger partial charge in [-0.05, 0) is 35.6 Å². The Kier molecular flexibility index (Phi) is 3.47. The molecule has 4 heteroatoms. The summed E-state index contributed by atoms with van der Waals surface area (Å²) in [6, 6.07) is 23.1. The molecule has 2 aromatic heterocycles. The molecule has 4 aromatic rings. The molecule has 0 atom stereocenters. The monoisotopic (exact) mass is 367 g/mol. The first-order valence-electron chi connectivity index (χ1n) is 10.1. The van der Waals surface area contributed by atoms with Crippen molar-refractivity contribution in [1.29, 1.82) is 0 Å². The van der Waals surface area contributed by atoms with Crippen molar-refractivity contribution in [3.63, 3.8) is 0 Å². The Morgan fingerprint density at radius 3 is 2.50 bits per heavy atom. The summed E-state index contributed by atoms with van der Waals surface area (Å²) in [4.78, 5) is 4.40. The van der Waals surface area contributed by atoms with Crippen LogP contribution in [-0.4, -0.2) is 21.6 Å².